The normalized spacial score (nSPS) is 15.9. The van der Waals surface area contributed by atoms with E-state index in [9.17, 15) is 9.59 Å². The van der Waals surface area contributed by atoms with Crippen molar-refractivity contribution in [2.45, 2.75) is 128 Å². The zero-order chi connectivity index (χ0) is 40.3. The van der Waals surface area contributed by atoms with Crippen molar-refractivity contribution < 1.29 is 9.59 Å². The fraction of sp³-hybridized carbons (Fsp3) is 0.556. The Labute approximate surface area is 342 Å². The number of aromatic nitrogens is 4. The van der Waals surface area contributed by atoms with Crippen LogP contribution in [0.3, 0.4) is 0 Å². The summed E-state index contributed by atoms with van der Waals surface area (Å²) < 4.78 is 12.0. The molecule has 2 amide bonds. The second-order valence-corrected chi connectivity index (χ2v) is 24.6. The van der Waals surface area contributed by atoms with Gasteiger partial charge in [0, 0.05) is 61.3 Å². The van der Waals surface area contributed by atoms with Gasteiger partial charge in [0.15, 0.2) is 0 Å². The lowest BCUT2D eigenvalue weighted by Gasteiger charge is -2.38. The number of anilines is 2. The van der Waals surface area contributed by atoms with Crippen LogP contribution >= 0.6 is 14.1 Å². The smallest absolute Gasteiger partial charge is 0.244 e. The van der Waals surface area contributed by atoms with Crippen LogP contribution in [0.15, 0.2) is 85.5 Å². The fourth-order valence-electron chi connectivity index (χ4n) is 9.21. The van der Waals surface area contributed by atoms with Gasteiger partial charge in [-0.3, -0.25) is 19.3 Å². The number of hydrogen-bond donors (Lipinski definition) is 3. The van der Waals surface area contributed by atoms with Crippen LogP contribution < -0.4 is 15.7 Å². The minimum absolute atomic E-state index is 0.000882. The summed E-state index contributed by atoms with van der Waals surface area (Å²) >= 11 is 0. The van der Waals surface area contributed by atoms with Gasteiger partial charge in [-0.2, -0.15) is 0 Å². The Kier molecular flexibility index (Phi) is 15.5. The highest BCUT2D eigenvalue weighted by atomic mass is 31.2. The van der Waals surface area contributed by atoms with Crippen molar-refractivity contribution in [3.63, 3.8) is 0 Å². The van der Waals surface area contributed by atoms with Crippen molar-refractivity contribution in [1.29, 1.82) is 0 Å². The summed E-state index contributed by atoms with van der Waals surface area (Å²) in [6.45, 7) is 12.2. The maximum absolute atomic E-state index is 13.3. The van der Waals surface area contributed by atoms with E-state index in [-0.39, 0.29) is 11.8 Å². The SMILES string of the molecule is CN(C1CCCCC1)P(C)(C)=c1n(CCCCCCn2ccn(CC(=O)Nc3ccccc3)c2=P(C)(C)NC2CCCCC2)ccn1CC(=O)Nc1ccccc1. The third-order valence-electron chi connectivity index (χ3n) is 12.2. The minimum Gasteiger partial charge on any atom is -0.332 e. The molecule has 10 nitrogen and oxygen atoms in total. The summed E-state index contributed by atoms with van der Waals surface area (Å²) in [7, 11) is -1.15. The first-order chi connectivity index (χ1) is 27.5. The highest BCUT2D eigenvalue weighted by molar-refractivity contribution is 7.64. The van der Waals surface area contributed by atoms with Gasteiger partial charge in [0.05, 0.1) is 0 Å². The Bertz CT molecular complexity index is 2070. The molecular weight excluding hydrogens is 746 g/mol. The molecule has 312 valence electrons. The molecule has 2 aromatic carbocycles. The van der Waals surface area contributed by atoms with Gasteiger partial charge in [-0.15, -0.1) is 0 Å². The number of unbranched alkanes of at least 4 members (excludes halogenated alkanes) is 3. The fourth-order valence-corrected chi connectivity index (χ4v) is 15.0. The van der Waals surface area contributed by atoms with E-state index in [1.165, 1.54) is 74.6 Å². The highest BCUT2D eigenvalue weighted by Crippen LogP contribution is 2.49. The molecule has 2 fully saturated rings. The van der Waals surface area contributed by atoms with Crippen LogP contribution in [-0.4, -0.2) is 80.5 Å². The van der Waals surface area contributed by atoms with Gasteiger partial charge in [-0.05, 0) is 111 Å². The molecule has 0 saturated heterocycles. The summed E-state index contributed by atoms with van der Waals surface area (Å²) in [5.74, 6) is 0.00793. The van der Waals surface area contributed by atoms with Crippen LogP contribution in [0.2, 0.25) is 0 Å². The first-order valence-electron chi connectivity index (χ1n) is 21.6. The Hall–Kier alpha value is -3.42. The molecule has 2 aliphatic rings. The maximum Gasteiger partial charge on any atom is 0.244 e. The molecule has 0 spiro atoms. The molecule has 4 aromatic rings. The van der Waals surface area contributed by atoms with Gasteiger partial charge < -0.3 is 28.9 Å². The second kappa shape index (κ2) is 20.5. The number of nitrogens with zero attached hydrogens (tertiary/aromatic N) is 5. The zero-order valence-electron chi connectivity index (χ0n) is 35.4. The lowest BCUT2D eigenvalue weighted by molar-refractivity contribution is -0.117. The van der Waals surface area contributed by atoms with Gasteiger partial charge in [-0.25, -0.2) is 0 Å². The lowest BCUT2D eigenvalue weighted by atomic mass is 9.96. The highest BCUT2D eigenvalue weighted by Gasteiger charge is 2.26. The van der Waals surface area contributed by atoms with Gasteiger partial charge in [0.25, 0.3) is 0 Å². The molecule has 0 radical (unpaired) electrons. The first kappa shape index (κ1) is 43.2. The molecule has 2 saturated carbocycles. The van der Waals surface area contributed by atoms with E-state index in [1.54, 1.807) is 0 Å². The minimum atomic E-state index is -1.74. The summed E-state index contributed by atoms with van der Waals surface area (Å²) in [5.41, 5.74) is 1.66. The molecule has 2 aliphatic carbocycles. The van der Waals surface area contributed by atoms with Crippen LogP contribution in [0.1, 0.15) is 89.9 Å². The Morgan fingerprint density at radius 2 is 1.04 bits per heavy atom. The molecule has 12 heteroatoms. The van der Waals surface area contributed by atoms with Crippen molar-refractivity contribution in [3.05, 3.63) is 95.9 Å². The molecule has 0 atom stereocenters. The average Bonchev–Trinajstić information content (AvgIpc) is 3.81. The number of para-hydroxylation sites is 2. The standard InChI is InChI=1S/C45H70N8O2P2/c1-49(41-28-18-11-19-29-41)57(4,5)45-51(33-35-53(45)37-43(55)47-39-24-14-9-15-25-39)31-21-7-6-20-30-50-32-34-52(36-42(54)46-38-22-12-8-13-23-38)44(50)56(2,3)48-40-26-16-10-17-27-40/h8-9,12-15,22-25,32-35,40-41,48H,6-7,10-11,16-21,26-31,36-37H2,1-5H3,(H,46,54)(H,47,55). The molecule has 2 aromatic heterocycles. The Balaban J connectivity index is 1.14. The number of aryl methyl sites for hydroxylation is 2. The van der Waals surface area contributed by atoms with E-state index in [1.807, 2.05) is 60.7 Å². The molecule has 3 N–H and O–H groups in total. The van der Waals surface area contributed by atoms with Crippen molar-refractivity contribution >= 4 is 37.3 Å². The summed E-state index contributed by atoms with van der Waals surface area (Å²) in [5, 5.41) is 12.9. The molecular formula is C45H70N8O2P2. The summed E-state index contributed by atoms with van der Waals surface area (Å²) in [4.78, 5) is 26.6. The van der Waals surface area contributed by atoms with Crippen molar-refractivity contribution in [2.24, 2.45) is 0 Å². The topological polar surface area (TPSA) is 93.2 Å². The van der Waals surface area contributed by atoms with Crippen LogP contribution in [0, 0.1) is 10.4 Å². The number of imidazole rings is 2. The first-order valence-corrected chi connectivity index (χ1v) is 26.9. The quantitative estimate of drug-likeness (QED) is 0.0731. The average molecular weight is 817 g/mol. The lowest BCUT2D eigenvalue weighted by Crippen LogP contribution is -2.31. The van der Waals surface area contributed by atoms with Gasteiger partial charge in [0.2, 0.25) is 11.8 Å². The van der Waals surface area contributed by atoms with Crippen LogP contribution in [-0.2, 0) is 35.8 Å². The van der Waals surface area contributed by atoms with E-state index in [2.05, 4.69) is 97.2 Å². The Morgan fingerprint density at radius 3 is 1.54 bits per heavy atom. The number of rotatable bonds is 17. The molecule has 2 heterocycles. The van der Waals surface area contributed by atoms with Crippen molar-refractivity contribution in [1.82, 2.24) is 28.0 Å². The maximum atomic E-state index is 13.3. The molecule has 0 bridgehead atoms. The molecule has 6 rings (SSSR count). The predicted molar refractivity (Wildman–Crippen MR) is 242 cm³/mol. The molecule has 0 aliphatic heterocycles. The number of nitrogens with one attached hydrogen (secondary N) is 3. The van der Waals surface area contributed by atoms with Crippen molar-refractivity contribution in [3.8, 4) is 0 Å². The van der Waals surface area contributed by atoms with Crippen LogP contribution in [0.4, 0.5) is 11.4 Å². The van der Waals surface area contributed by atoms with Gasteiger partial charge in [0.1, 0.15) is 23.5 Å². The van der Waals surface area contributed by atoms with Crippen LogP contribution in [0.25, 0.3) is 0 Å². The molecule has 57 heavy (non-hydrogen) atoms. The monoisotopic (exact) mass is 817 g/mol. The summed E-state index contributed by atoms with van der Waals surface area (Å²) in [6, 6.07) is 20.7. The summed E-state index contributed by atoms with van der Waals surface area (Å²) in [6.07, 6.45) is 26.0. The number of carbonyl (C=O) groups is 2. The number of amides is 2. The van der Waals surface area contributed by atoms with E-state index >= 15 is 0 Å². The predicted octanol–water partition coefficient (Wildman–Crippen LogP) is 10.1. The van der Waals surface area contributed by atoms with E-state index in [0.29, 0.717) is 25.2 Å². The van der Waals surface area contributed by atoms with E-state index in [4.69, 9.17) is 0 Å². The number of benzene rings is 2. The van der Waals surface area contributed by atoms with Crippen LogP contribution in [0.5, 0.6) is 0 Å². The largest absolute Gasteiger partial charge is 0.332 e. The third-order valence-corrected chi connectivity index (χ3v) is 18.1. The zero-order valence-corrected chi connectivity index (χ0v) is 37.2. The van der Waals surface area contributed by atoms with E-state index in [0.717, 1.165) is 50.1 Å². The van der Waals surface area contributed by atoms with Crippen molar-refractivity contribution in [2.75, 3.05) is 44.3 Å². The van der Waals surface area contributed by atoms with Gasteiger partial charge >= 0.3 is 0 Å². The third kappa shape index (κ3) is 11.8. The number of hydrogen-bond acceptors (Lipinski definition) is 4. The second-order valence-electron chi connectivity index (χ2n) is 17.3. The Morgan fingerprint density at radius 1 is 0.596 bits per heavy atom. The number of carbonyl (C=O) groups excluding carboxylic acids is 2. The van der Waals surface area contributed by atoms with Gasteiger partial charge in [-0.1, -0.05) is 87.8 Å². The van der Waals surface area contributed by atoms with E-state index < -0.39 is 14.1 Å². The molecule has 0 unspecified atom stereocenters.